The third-order valence-corrected chi connectivity index (χ3v) is 4.36. The van der Waals surface area contributed by atoms with Crippen LogP contribution in [0.3, 0.4) is 0 Å². The van der Waals surface area contributed by atoms with E-state index >= 15 is 0 Å². The fourth-order valence-corrected chi connectivity index (χ4v) is 3.22. The fraction of sp³-hybridized carbons (Fsp3) is 0.625. The lowest BCUT2D eigenvalue weighted by Gasteiger charge is -2.23. The molecule has 1 aromatic rings. The smallest absolute Gasteiger partial charge is 0.313 e. The Bertz CT molecular complexity index is 448. The molecule has 4 heteroatoms. The van der Waals surface area contributed by atoms with Gasteiger partial charge in [-0.2, -0.15) is 13.2 Å². The van der Waals surface area contributed by atoms with Gasteiger partial charge in [0.1, 0.15) is 0 Å². The Morgan fingerprint density at radius 3 is 2.40 bits per heavy atom. The molecule has 0 bridgehead atoms. The second-order valence-corrected chi connectivity index (χ2v) is 5.80. The van der Waals surface area contributed by atoms with Crippen LogP contribution in [0.1, 0.15) is 54.8 Å². The highest BCUT2D eigenvalue weighted by atomic mass is 19.4. The maximum atomic E-state index is 12.7. The van der Waals surface area contributed by atoms with Crippen LogP contribution in [0, 0.1) is 12.8 Å². The molecule has 1 saturated carbocycles. The first-order chi connectivity index (χ1) is 9.41. The van der Waals surface area contributed by atoms with Gasteiger partial charge in [0.2, 0.25) is 0 Å². The molecule has 1 unspecified atom stereocenters. The monoisotopic (exact) mass is 285 g/mol. The van der Waals surface area contributed by atoms with Gasteiger partial charge < -0.3 is 5.32 Å². The number of nitrogens with one attached hydrogen (secondary N) is 1. The second kappa shape index (κ2) is 6.17. The van der Waals surface area contributed by atoms with Crippen LogP contribution in [0.5, 0.6) is 0 Å². The van der Waals surface area contributed by atoms with Crippen LogP contribution in [0.4, 0.5) is 13.2 Å². The van der Waals surface area contributed by atoms with Gasteiger partial charge in [-0.15, -0.1) is 0 Å². The molecule has 1 fully saturated rings. The van der Waals surface area contributed by atoms with E-state index in [1.54, 1.807) is 13.0 Å². The Kier molecular flexibility index (Phi) is 4.74. The van der Waals surface area contributed by atoms with Gasteiger partial charge in [0.15, 0.2) is 0 Å². The molecule has 1 nitrogen and oxygen atoms in total. The summed E-state index contributed by atoms with van der Waals surface area (Å²) >= 11 is 0. The van der Waals surface area contributed by atoms with E-state index in [0.717, 1.165) is 17.5 Å². The zero-order valence-corrected chi connectivity index (χ0v) is 12.1. The van der Waals surface area contributed by atoms with Crippen molar-refractivity contribution in [3.05, 3.63) is 34.9 Å². The predicted octanol–water partition coefficient (Wildman–Crippen LogP) is 4.85. The molecule has 0 heterocycles. The van der Waals surface area contributed by atoms with Crippen molar-refractivity contribution in [3.8, 4) is 0 Å². The van der Waals surface area contributed by atoms with Crippen molar-refractivity contribution in [3.63, 3.8) is 0 Å². The standard InChI is InChI=1S/C16H22F3N/c1-11-9-13(16(17,18)19)7-8-14(11)15(20-2)10-12-5-3-4-6-12/h7-9,12,15,20H,3-6,10H2,1-2H3. The first-order valence-electron chi connectivity index (χ1n) is 7.27. The quantitative estimate of drug-likeness (QED) is 0.833. The van der Waals surface area contributed by atoms with E-state index in [9.17, 15) is 13.2 Å². The highest BCUT2D eigenvalue weighted by Gasteiger charge is 2.31. The molecule has 1 aliphatic rings. The summed E-state index contributed by atoms with van der Waals surface area (Å²) in [5.41, 5.74) is 1.15. The van der Waals surface area contributed by atoms with Gasteiger partial charge in [-0.1, -0.05) is 31.7 Å². The van der Waals surface area contributed by atoms with Crippen molar-refractivity contribution in [2.75, 3.05) is 7.05 Å². The van der Waals surface area contributed by atoms with Crippen LogP contribution in [0.15, 0.2) is 18.2 Å². The summed E-state index contributed by atoms with van der Waals surface area (Å²) in [5.74, 6) is 0.703. The Hall–Kier alpha value is -1.03. The summed E-state index contributed by atoms with van der Waals surface area (Å²) in [5, 5.41) is 3.26. The summed E-state index contributed by atoms with van der Waals surface area (Å²) in [4.78, 5) is 0. The third-order valence-electron chi connectivity index (χ3n) is 4.36. The molecule has 0 aromatic heterocycles. The third kappa shape index (κ3) is 3.54. The van der Waals surface area contributed by atoms with Crippen LogP contribution in [0.25, 0.3) is 0 Å². The molecule has 0 saturated heterocycles. The normalized spacial score (nSPS) is 18.4. The van der Waals surface area contributed by atoms with Gasteiger partial charge in [-0.05, 0) is 49.6 Å². The van der Waals surface area contributed by atoms with Gasteiger partial charge in [0.25, 0.3) is 0 Å². The second-order valence-electron chi connectivity index (χ2n) is 5.80. The van der Waals surface area contributed by atoms with Crippen molar-refractivity contribution < 1.29 is 13.2 Å². The molecule has 1 atom stereocenters. The fourth-order valence-electron chi connectivity index (χ4n) is 3.22. The number of hydrogen-bond acceptors (Lipinski definition) is 1. The molecule has 0 spiro atoms. The first-order valence-corrected chi connectivity index (χ1v) is 7.27. The minimum Gasteiger partial charge on any atom is -0.313 e. The minimum atomic E-state index is -4.26. The number of rotatable bonds is 4. The molecule has 1 aromatic carbocycles. The van der Waals surface area contributed by atoms with E-state index in [-0.39, 0.29) is 6.04 Å². The summed E-state index contributed by atoms with van der Waals surface area (Å²) in [6.07, 6.45) is 1.82. The van der Waals surface area contributed by atoms with Crippen molar-refractivity contribution in [2.45, 2.75) is 51.2 Å². The molecule has 0 radical (unpaired) electrons. The SMILES string of the molecule is CNC(CC1CCCC1)c1ccc(C(F)(F)F)cc1C. The molecular weight excluding hydrogens is 263 g/mol. The average Bonchev–Trinajstić information content (AvgIpc) is 2.88. The van der Waals surface area contributed by atoms with Gasteiger partial charge in [0.05, 0.1) is 5.56 Å². The molecule has 0 amide bonds. The van der Waals surface area contributed by atoms with E-state index in [1.807, 2.05) is 7.05 Å². The lowest BCUT2D eigenvalue weighted by molar-refractivity contribution is -0.137. The summed E-state index contributed by atoms with van der Waals surface area (Å²) in [7, 11) is 1.89. The van der Waals surface area contributed by atoms with E-state index in [0.29, 0.717) is 5.92 Å². The topological polar surface area (TPSA) is 12.0 Å². The highest BCUT2D eigenvalue weighted by molar-refractivity contribution is 5.34. The largest absolute Gasteiger partial charge is 0.416 e. The Morgan fingerprint density at radius 2 is 1.90 bits per heavy atom. The zero-order chi connectivity index (χ0) is 14.8. The van der Waals surface area contributed by atoms with Crippen LogP contribution < -0.4 is 5.32 Å². The molecule has 0 aliphatic heterocycles. The van der Waals surface area contributed by atoms with Crippen molar-refractivity contribution in [1.82, 2.24) is 5.32 Å². The number of alkyl halides is 3. The van der Waals surface area contributed by atoms with E-state index in [4.69, 9.17) is 0 Å². The molecule has 1 aliphatic carbocycles. The summed E-state index contributed by atoms with van der Waals surface area (Å²) in [6.45, 7) is 1.77. The van der Waals surface area contributed by atoms with Gasteiger partial charge >= 0.3 is 6.18 Å². The molecular formula is C16H22F3N. The molecule has 1 N–H and O–H groups in total. The molecule has 2 rings (SSSR count). The maximum absolute atomic E-state index is 12.7. The van der Waals surface area contributed by atoms with Crippen LogP contribution in [-0.2, 0) is 6.18 Å². The van der Waals surface area contributed by atoms with Gasteiger partial charge in [0, 0.05) is 6.04 Å². The van der Waals surface area contributed by atoms with Gasteiger partial charge in [-0.3, -0.25) is 0 Å². The Labute approximate surface area is 118 Å². The highest BCUT2D eigenvalue weighted by Crippen LogP contribution is 2.36. The van der Waals surface area contributed by atoms with Crippen LogP contribution >= 0.6 is 0 Å². The first kappa shape index (κ1) is 15.4. The van der Waals surface area contributed by atoms with Crippen molar-refractivity contribution >= 4 is 0 Å². The number of hydrogen-bond donors (Lipinski definition) is 1. The lowest BCUT2D eigenvalue weighted by atomic mass is 9.90. The number of benzene rings is 1. The summed E-state index contributed by atoms with van der Waals surface area (Å²) < 4.78 is 38.1. The Balaban J connectivity index is 2.17. The van der Waals surface area contributed by atoms with E-state index in [2.05, 4.69) is 5.32 Å². The average molecular weight is 285 g/mol. The molecule has 112 valence electrons. The van der Waals surface area contributed by atoms with Crippen molar-refractivity contribution in [2.24, 2.45) is 5.92 Å². The van der Waals surface area contributed by atoms with Crippen LogP contribution in [-0.4, -0.2) is 7.05 Å². The minimum absolute atomic E-state index is 0.153. The van der Waals surface area contributed by atoms with Gasteiger partial charge in [-0.25, -0.2) is 0 Å². The van der Waals surface area contributed by atoms with E-state index in [1.165, 1.54) is 37.8 Å². The number of aryl methyl sites for hydroxylation is 1. The zero-order valence-electron chi connectivity index (χ0n) is 12.1. The predicted molar refractivity (Wildman–Crippen MR) is 74.6 cm³/mol. The van der Waals surface area contributed by atoms with Crippen molar-refractivity contribution in [1.29, 1.82) is 0 Å². The maximum Gasteiger partial charge on any atom is 0.416 e. The van der Waals surface area contributed by atoms with E-state index < -0.39 is 11.7 Å². The number of halogens is 3. The van der Waals surface area contributed by atoms with Crippen LogP contribution in [0.2, 0.25) is 0 Å². The lowest BCUT2D eigenvalue weighted by Crippen LogP contribution is -2.20. The molecule has 20 heavy (non-hydrogen) atoms. The Morgan fingerprint density at radius 1 is 1.25 bits per heavy atom. The summed E-state index contributed by atoms with van der Waals surface area (Å²) in [6, 6.07) is 4.24.